The summed E-state index contributed by atoms with van der Waals surface area (Å²) in [5, 5.41) is 3.39. The van der Waals surface area contributed by atoms with Crippen LogP contribution in [0.3, 0.4) is 0 Å². The number of aliphatic imine (C=N–C) groups is 1. The molecule has 0 bridgehead atoms. The van der Waals surface area contributed by atoms with E-state index in [0.29, 0.717) is 24.9 Å². The number of nitrogens with one attached hydrogen (secondary N) is 1. The lowest BCUT2D eigenvalue weighted by Gasteiger charge is -2.39. The lowest BCUT2D eigenvalue weighted by Crippen LogP contribution is -2.49. The van der Waals surface area contributed by atoms with Gasteiger partial charge in [-0.25, -0.2) is 9.37 Å². The summed E-state index contributed by atoms with van der Waals surface area (Å²) in [5.41, 5.74) is 0.718. The van der Waals surface area contributed by atoms with Gasteiger partial charge in [0, 0.05) is 38.6 Å². The summed E-state index contributed by atoms with van der Waals surface area (Å²) < 4.78 is 16.0. The van der Waals surface area contributed by atoms with Gasteiger partial charge in [-0.1, -0.05) is 25.1 Å². The van der Waals surface area contributed by atoms with E-state index < -0.39 is 0 Å². The number of piperidine rings is 1. The molecule has 1 aliphatic heterocycles. The molecule has 1 aromatic heterocycles. The molecule has 1 saturated heterocycles. The van der Waals surface area contributed by atoms with Gasteiger partial charge in [-0.2, -0.15) is 0 Å². The molecular weight excluding hydrogens is 456 g/mol. The van der Waals surface area contributed by atoms with Crippen molar-refractivity contribution in [3.05, 3.63) is 54.4 Å². The minimum absolute atomic E-state index is 0. The van der Waals surface area contributed by atoms with Crippen molar-refractivity contribution in [2.24, 2.45) is 10.9 Å². The molecule has 0 aliphatic carbocycles. The summed E-state index contributed by atoms with van der Waals surface area (Å²) in [4.78, 5) is 11.3. The maximum absolute atomic E-state index is 13.8. The molecular formula is C20H29FIN5. The first-order valence-electron chi connectivity index (χ1n) is 9.43. The van der Waals surface area contributed by atoms with Gasteiger partial charge in [0.15, 0.2) is 5.96 Å². The molecule has 2 heterocycles. The van der Waals surface area contributed by atoms with Crippen molar-refractivity contribution in [1.82, 2.24) is 19.8 Å². The average Bonchev–Trinajstić information content (AvgIpc) is 3.17. The lowest BCUT2D eigenvalue weighted by molar-refractivity contribution is 0.189. The monoisotopic (exact) mass is 485 g/mol. The number of benzene rings is 1. The number of likely N-dealkylation sites (tertiary alicyclic amines) is 1. The van der Waals surface area contributed by atoms with E-state index in [9.17, 15) is 4.39 Å². The van der Waals surface area contributed by atoms with Gasteiger partial charge in [0.25, 0.3) is 0 Å². The summed E-state index contributed by atoms with van der Waals surface area (Å²) in [6.07, 6.45) is 7.48. The molecule has 1 aromatic carbocycles. The van der Waals surface area contributed by atoms with Crippen LogP contribution in [0.4, 0.5) is 4.39 Å². The van der Waals surface area contributed by atoms with Crippen LogP contribution in [0.2, 0.25) is 0 Å². The Morgan fingerprint density at radius 3 is 2.89 bits per heavy atom. The first-order valence-corrected chi connectivity index (χ1v) is 9.43. The minimum atomic E-state index is -0.153. The number of rotatable bonds is 5. The van der Waals surface area contributed by atoms with Gasteiger partial charge in [0.1, 0.15) is 5.82 Å². The maximum atomic E-state index is 13.8. The third kappa shape index (κ3) is 5.67. The third-order valence-electron chi connectivity index (χ3n) is 5.06. The fraction of sp³-hybridized carbons (Fsp3) is 0.500. The van der Waals surface area contributed by atoms with E-state index in [0.717, 1.165) is 37.6 Å². The van der Waals surface area contributed by atoms with Crippen LogP contribution in [0.15, 0.2) is 48.0 Å². The number of halogens is 2. The molecule has 0 amide bonds. The SMILES string of the molecule is CCNC(=NCCc1ccccc1F)N1CCC(C)C(n2ccnc2)C1.I. The molecule has 2 aromatic rings. The summed E-state index contributed by atoms with van der Waals surface area (Å²) in [6, 6.07) is 7.31. The number of nitrogens with zero attached hydrogens (tertiary/aromatic N) is 4. The largest absolute Gasteiger partial charge is 0.357 e. The van der Waals surface area contributed by atoms with Crippen LogP contribution in [0.5, 0.6) is 0 Å². The van der Waals surface area contributed by atoms with Crippen LogP contribution in [-0.4, -0.2) is 46.6 Å². The zero-order chi connectivity index (χ0) is 18.4. The van der Waals surface area contributed by atoms with Crippen molar-refractivity contribution in [2.75, 3.05) is 26.2 Å². The number of hydrogen-bond acceptors (Lipinski definition) is 2. The molecule has 2 unspecified atom stereocenters. The topological polar surface area (TPSA) is 45.5 Å². The number of hydrogen-bond donors (Lipinski definition) is 1. The van der Waals surface area contributed by atoms with Crippen LogP contribution >= 0.6 is 24.0 Å². The maximum Gasteiger partial charge on any atom is 0.193 e. The molecule has 3 rings (SSSR count). The second kappa shape index (κ2) is 10.6. The summed E-state index contributed by atoms with van der Waals surface area (Å²) >= 11 is 0. The van der Waals surface area contributed by atoms with E-state index in [1.807, 2.05) is 30.9 Å². The predicted octanol–water partition coefficient (Wildman–Crippen LogP) is 3.73. The summed E-state index contributed by atoms with van der Waals surface area (Å²) in [7, 11) is 0. The van der Waals surface area contributed by atoms with Crippen molar-refractivity contribution >= 4 is 29.9 Å². The van der Waals surface area contributed by atoms with E-state index >= 15 is 0 Å². The summed E-state index contributed by atoms with van der Waals surface area (Å²) in [5.74, 6) is 1.36. The summed E-state index contributed by atoms with van der Waals surface area (Å²) in [6.45, 7) is 7.66. The second-order valence-electron chi connectivity index (χ2n) is 6.87. The third-order valence-corrected chi connectivity index (χ3v) is 5.06. The van der Waals surface area contributed by atoms with Crippen molar-refractivity contribution < 1.29 is 4.39 Å². The molecule has 0 spiro atoms. The zero-order valence-electron chi connectivity index (χ0n) is 16.0. The molecule has 2 atom stereocenters. The van der Waals surface area contributed by atoms with E-state index in [1.54, 1.807) is 6.07 Å². The normalized spacial score (nSPS) is 20.3. The van der Waals surface area contributed by atoms with Gasteiger partial charge in [-0.15, -0.1) is 24.0 Å². The van der Waals surface area contributed by atoms with Crippen LogP contribution in [-0.2, 0) is 6.42 Å². The number of imidazole rings is 1. The van der Waals surface area contributed by atoms with E-state index in [2.05, 4.69) is 33.6 Å². The molecule has 1 N–H and O–H groups in total. The van der Waals surface area contributed by atoms with Crippen molar-refractivity contribution in [2.45, 2.75) is 32.7 Å². The average molecular weight is 485 g/mol. The zero-order valence-corrected chi connectivity index (χ0v) is 18.3. The molecule has 1 fully saturated rings. The predicted molar refractivity (Wildman–Crippen MR) is 118 cm³/mol. The Labute approximate surface area is 178 Å². The molecule has 0 saturated carbocycles. The highest BCUT2D eigenvalue weighted by Gasteiger charge is 2.28. The van der Waals surface area contributed by atoms with Gasteiger partial charge >= 0.3 is 0 Å². The van der Waals surface area contributed by atoms with Crippen LogP contribution < -0.4 is 5.32 Å². The van der Waals surface area contributed by atoms with Gasteiger partial charge in [-0.3, -0.25) is 4.99 Å². The van der Waals surface area contributed by atoms with Crippen molar-refractivity contribution in [3.63, 3.8) is 0 Å². The molecule has 5 nitrogen and oxygen atoms in total. The Morgan fingerprint density at radius 1 is 1.37 bits per heavy atom. The molecule has 1 aliphatic rings. The standard InChI is InChI=1S/C20H28FN5.HI/c1-3-23-20(24-10-8-17-6-4-5-7-18(17)21)25-12-9-16(2)19(14-25)26-13-11-22-15-26;/h4-7,11,13,15-16,19H,3,8-10,12,14H2,1-2H3,(H,23,24);1H. The Bertz CT molecular complexity index is 719. The minimum Gasteiger partial charge on any atom is -0.357 e. The van der Waals surface area contributed by atoms with E-state index in [4.69, 9.17) is 4.99 Å². The number of aromatic nitrogens is 2. The lowest BCUT2D eigenvalue weighted by atomic mass is 9.93. The van der Waals surface area contributed by atoms with Crippen LogP contribution in [0.25, 0.3) is 0 Å². The van der Waals surface area contributed by atoms with E-state index in [-0.39, 0.29) is 29.8 Å². The smallest absolute Gasteiger partial charge is 0.193 e. The number of guanidine groups is 1. The first-order chi connectivity index (χ1) is 12.7. The Kier molecular flexibility index (Phi) is 8.53. The van der Waals surface area contributed by atoms with Crippen molar-refractivity contribution in [1.29, 1.82) is 0 Å². The Balaban J connectivity index is 0.00000261. The van der Waals surface area contributed by atoms with E-state index in [1.165, 1.54) is 6.07 Å². The second-order valence-corrected chi connectivity index (χ2v) is 6.87. The van der Waals surface area contributed by atoms with Gasteiger partial charge in [-0.05, 0) is 37.3 Å². The Hall–Kier alpha value is -1.64. The molecule has 27 heavy (non-hydrogen) atoms. The molecule has 148 valence electrons. The highest BCUT2D eigenvalue weighted by Crippen LogP contribution is 2.27. The molecule has 0 radical (unpaired) electrons. The fourth-order valence-corrected chi connectivity index (χ4v) is 3.50. The van der Waals surface area contributed by atoms with Crippen LogP contribution in [0, 0.1) is 11.7 Å². The quantitative estimate of drug-likeness (QED) is 0.399. The molecule has 7 heteroatoms. The van der Waals surface area contributed by atoms with Crippen LogP contribution in [0.1, 0.15) is 31.9 Å². The Morgan fingerprint density at radius 2 is 2.19 bits per heavy atom. The highest BCUT2D eigenvalue weighted by molar-refractivity contribution is 14.0. The first kappa shape index (κ1) is 21.7. The van der Waals surface area contributed by atoms with Gasteiger partial charge in [0.05, 0.1) is 12.4 Å². The van der Waals surface area contributed by atoms with Gasteiger partial charge in [0.2, 0.25) is 0 Å². The highest BCUT2D eigenvalue weighted by atomic mass is 127. The van der Waals surface area contributed by atoms with Gasteiger partial charge < -0.3 is 14.8 Å². The fourth-order valence-electron chi connectivity index (χ4n) is 3.50. The van der Waals surface area contributed by atoms with Crippen molar-refractivity contribution in [3.8, 4) is 0 Å².